The van der Waals surface area contributed by atoms with Crippen molar-refractivity contribution in [3.8, 4) is 5.75 Å². The second kappa shape index (κ2) is 6.95. The Balaban J connectivity index is 1.89. The molecule has 1 unspecified atom stereocenters. The summed E-state index contributed by atoms with van der Waals surface area (Å²) in [5.74, 6) is 1.28. The summed E-state index contributed by atoms with van der Waals surface area (Å²) in [7, 11) is 1.57. The number of piperidine rings is 1. The number of likely N-dealkylation sites (tertiary alicyclic amines) is 1. The van der Waals surface area contributed by atoms with Crippen LogP contribution >= 0.6 is 11.6 Å². The molecular weight excluding hydrogens is 276 g/mol. The van der Waals surface area contributed by atoms with E-state index >= 15 is 0 Å². The molecule has 1 heterocycles. The lowest BCUT2D eigenvalue weighted by Gasteiger charge is -2.30. The predicted octanol–water partition coefficient (Wildman–Crippen LogP) is 3.02. The topological polar surface area (TPSA) is 41.6 Å². The molecule has 0 aliphatic carbocycles. The summed E-state index contributed by atoms with van der Waals surface area (Å²) in [5, 5.41) is 3.37. The Hall–Kier alpha value is -1.26. The van der Waals surface area contributed by atoms with Gasteiger partial charge in [-0.15, -0.1) is 0 Å². The fraction of sp³-hybridized carbons (Fsp3) is 0.533. The van der Waals surface area contributed by atoms with Crippen molar-refractivity contribution in [2.75, 3.05) is 32.1 Å². The van der Waals surface area contributed by atoms with Gasteiger partial charge in [0.25, 0.3) is 0 Å². The van der Waals surface area contributed by atoms with Crippen molar-refractivity contribution in [2.24, 2.45) is 5.92 Å². The minimum absolute atomic E-state index is 0.000309. The van der Waals surface area contributed by atoms with Crippen molar-refractivity contribution in [3.63, 3.8) is 0 Å². The van der Waals surface area contributed by atoms with Crippen LogP contribution in [0.2, 0.25) is 5.02 Å². The molecule has 1 aromatic rings. The van der Waals surface area contributed by atoms with Crippen LogP contribution in [0.25, 0.3) is 0 Å². The van der Waals surface area contributed by atoms with Crippen LogP contribution in [-0.4, -0.2) is 37.6 Å². The van der Waals surface area contributed by atoms with E-state index in [9.17, 15) is 4.79 Å². The van der Waals surface area contributed by atoms with Crippen LogP contribution in [0.3, 0.4) is 0 Å². The van der Waals surface area contributed by atoms with E-state index in [0.717, 1.165) is 13.1 Å². The van der Waals surface area contributed by atoms with Gasteiger partial charge in [0.2, 0.25) is 5.91 Å². The Bertz CT molecular complexity index is 479. The number of ether oxygens (including phenoxy) is 1. The molecule has 1 aliphatic heterocycles. The number of anilines is 1. The van der Waals surface area contributed by atoms with Gasteiger partial charge in [-0.3, -0.25) is 9.69 Å². The van der Waals surface area contributed by atoms with Gasteiger partial charge in [-0.05, 0) is 43.5 Å². The van der Waals surface area contributed by atoms with Gasteiger partial charge in [0.05, 0.1) is 18.7 Å². The highest BCUT2D eigenvalue weighted by Crippen LogP contribution is 2.27. The number of hydrogen-bond acceptors (Lipinski definition) is 3. The van der Waals surface area contributed by atoms with Crippen LogP contribution < -0.4 is 10.1 Å². The minimum Gasteiger partial charge on any atom is -0.495 e. The Morgan fingerprint density at radius 1 is 1.55 bits per heavy atom. The summed E-state index contributed by atoms with van der Waals surface area (Å²) in [6.45, 7) is 4.67. The highest BCUT2D eigenvalue weighted by molar-refractivity contribution is 6.32. The molecule has 0 saturated carbocycles. The maximum absolute atomic E-state index is 12.0. The summed E-state index contributed by atoms with van der Waals surface area (Å²) in [4.78, 5) is 14.2. The Morgan fingerprint density at radius 3 is 3.00 bits per heavy atom. The summed E-state index contributed by atoms with van der Waals surface area (Å²) >= 11 is 6.04. The molecule has 0 radical (unpaired) electrons. The fourth-order valence-electron chi connectivity index (χ4n) is 2.58. The molecule has 1 amide bonds. The number of carbonyl (C=O) groups excluding carboxylic acids is 1. The van der Waals surface area contributed by atoms with E-state index in [1.54, 1.807) is 25.3 Å². The standard InChI is InChI=1S/C15H21ClN2O2/c1-11-4-3-7-18(9-11)10-15(19)17-12-5-6-14(20-2)13(16)8-12/h5-6,8,11H,3-4,7,9-10H2,1-2H3,(H,17,19). The predicted molar refractivity (Wildman–Crippen MR) is 81.5 cm³/mol. The molecule has 2 rings (SSSR count). The third kappa shape index (κ3) is 4.12. The fourth-order valence-corrected chi connectivity index (χ4v) is 2.84. The average Bonchev–Trinajstić information content (AvgIpc) is 2.38. The zero-order valence-electron chi connectivity index (χ0n) is 12.0. The largest absolute Gasteiger partial charge is 0.495 e. The Morgan fingerprint density at radius 2 is 2.35 bits per heavy atom. The normalized spacial score (nSPS) is 19.6. The molecule has 5 heteroatoms. The van der Waals surface area contributed by atoms with Crippen molar-refractivity contribution in [1.82, 2.24) is 4.90 Å². The molecule has 20 heavy (non-hydrogen) atoms. The first-order valence-corrected chi connectivity index (χ1v) is 7.32. The van der Waals surface area contributed by atoms with Gasteiger partial charge in [0, 0.05) is 12.2 Å². The molecule has 1 saturated heterocycles. The number of methoxy groups -OCH3 is 1. The Kier molecular flexibility index (Phi) is 5.26. The van der Waals surface area contributed by atoms with E-state index in [1.807, 2.05) is 0 Å². The number of amides is 1. The molecule has 0 spiro atoms. The molecule has 0 aromatic heterocycles. The lowest BCUT2D eigenvalue weighted by atomic mass is 10.0. The second-order valence-corrected chi connectivity index (χ2v) is 5.79. The SMILES string of the molecule is COc1ccc(NC(=O)CN2CCCC(C)C2)cc1Cl. The van der Waals surface area contributed by atoms with Crippen molar-refractivity contribution < 1.29 is 9.53 Å². The third-order valence-corrected chi connectivity index (χ3v) is 3.84. The van der Waals surface area contributed by atoms with E-state index in [2.05, 4.69) is 17.1 Å². The molecule has 1 fully saturated rings. The number of nitrogens with zero attached hydrogens (tertiary/aromatic N) is 1. The summed E-state index contributed by atoms with van der Waals surface area (Å²) in [6.07, 6.45) is 2.43. The van der Waals surface area contributed by atoms with Gasteiger partial charge in [0.1, 0.15) is 5.75 Å². The molecular formula is C15H21ClN2O2. The van der Waals surface area contributed by atoms with E-state index in [1.165, 1.54) is 12.8 Å². The monoisotopic (exact) mass is 296 g/mol. The minimum atomic E-state index is 0.000309. The number of carbonyl (C=O) groups is 1. The highest BCUT2D eigenvalue weighted by Gasteiger charge is 2.18. The zero-order valence-corrected chi connectivity index (χ0v) is 12.7. The smallest absolute Gasteiger partial charge is 0.238 e. The average molecular weight is 297 g/mol. The molecule has 1 N–H and O–H groups in total. The maximum Gasteiger partial charge on any atom is 0.238 e. The first-order valence-electron chi connectivity index (χ1n) is 6.94. The number of hydrogen-bond donors (Lipinski definition) is 1. The number of rotatable bonds is 4. The van der Waals surface area contributed by atoms with Gasteiger partial charge in [-0.2, -0.15) is 0 Å². The van der Waals surface area contributed by atoms with Crippen LogP contribution in [0.5, 0.6) is 5.75 Å². The third-order valence-electron chi connectivity index (χ3n) is 3.54. The van der Waals surface area contributed by atoms with Crippen molar-refractivity contribution in [1.29, 1.82) is 0 Å². The number of halogens is 1. The summed E-state index contributed by atoms with van der Waals surface area (Å²) < 4.78 is 5.09. The van der Waals surface area contributed by atoms with E-state index in [-0.39, 0.29) is 5.91 Å². The van der Waals surface area contributed by atoms with E-state index < -0.39 is 0 Å². The lowest BCUT2D eigenvalue weighted by Crippen LogP contribution is -2.39. The van der Waals surface area contributed by atoms with Crippen LogP contribution in [0.1, 0.15) is 19.8 Å². The molecule has 1 atom stereocenters. The quantitative estimate of drug-likeness (QED) is 0.928. The molecule has 1 aromatic carbocycles. The maximum atomic E-state index is 12.0. The van der Waals surface area contributed by atoms with Crippen LogP contribution in [0.4, 0.5) is 5.69 Å². The van der Waals surface area contributed by atoms with Gasteiger partial charge in [-0.1, -0.05) is 18.5 Å². The zero-order chi connectivity index (χ0) is 14.5. The second-order valence-electron chi connectivity index (χ2n) is 5.38. The van der Waals surface area contributed by atoms with Crippen LogP contribution in [-0.2, 0) is 4.79 Å². The lowest BCUT2D eigenvalue weighted by molar-refractivity contribution is -0.117. The first kappa shape index (κ1) is 15.1. The van der Waals surface area contributed by atoms with Crippen LogP contribution in [0, 0.1) is 5.92 Å². The first-order chi connectivity index (χ1) is 9.58. The van der Waals surface area contributed by atoms with Gasteiger partial charge < -0.3 is 10.1 Å². The molecule has 1 aliphatic rings. The van der Waals surface area contributed by atoms with Crippen LogP contribution in [0.15, 0.2) is 18.2 Å². The Labute approximate surface area is 125 Å². The molecule has 0 bridgehead atoms. The summed E-state index contributed by atoms with van der Waals surface area (Å²) in [6, 6.07) is 5.25. The van der Waals surface area contributed by atoms with Gasteiger partial charge in [-0.25, -0.2) is 0 Å². The summed E-state index contributed by atoms with van der Waals surface area (Å²) in [5.41, 5.74) is 0.700. The molecule has 110 valence electrons. The van der Waals surface area contributed by atoms with Gasteiger partial charge in [0.15, 0.2) is 0 Å². The number of nitrogens with one attached hydrogen (secondary N) is 1. The highest BCUT2D eigenvalue weighted by atomic mass is 35.5. The van der Waals surface area contributed by atoms with E-state index in [4.69, 9.17) is 16.3 Å². The van der Waals surface area contributed by atoms with Gasteiger partial charge >= 0.3 is 0 Å². The van der Waals surface area contributed by atoms with Crippen molar-refractivity contribution >= 4 is 23.2 Å². The van der Waals surface area contributed by atoms with Crippen molar-refractivity contribution in [2.45, 2.75) is 19.8 Å². The van der Waals surface area contributed by atoms with Crippen molar-refractivity contribution in [3.05, 3.63) is 23.2 Å². The number of benzene rings is 1. The molecule has 4 nitrogen and oxygen atoms in total. The van der Waals surface area contributed by atoms with E-state index in [0.29, 0.717) is 28.9 Å².